The lowest BCUT2D eigenvalue weighted by molar-refractivity contribution is -0.0418. The second kappa shape index (κ2) is 5.27. The van der Waals surface area contributed by atoms with Crippen LogP contribution in [0.15, 0.2) is 18.3 Å². The van der Waals surface area contributed by atoms with Gasteiger partial charge in [0.1, 0.15) is 0 Å². The van der Waals surface area contributed by atoms with Crippen LogP contribution >= 0.6 is 11.6 Å². The number of hydrogen-bond acceptors (Lipinski definition) is 2. The summed E-state index contributed by atoms with van der Waals surface area (Å²) in [4.78, 5) is 4.15. The molecule has 1 unspecified atom stereocenters. The Morgan fingerprint density at radius 3 is 2.94 bits per heavy atom. The molecule has 1 saturated heterocycles. The molecule has 2 rings (SSSR count). The average molecular weight is 261 g/mol. The Hall–Kier alpha value is -0.740. The first-order valence-electron chi connectivity index (χ1n) is 5.77. The Bertz CT molecular complexity index is 367. The zero-order valence-corrected chi connectivity index (χ0v) is 10.2. The molecule has 0 aromatic carbocycles. The van der Waals surface area contributed by atoms with Crippen molar-refractivity contribution in [2.24, 2.45) is 0 Å². The third-order valence-electron chi connectivity index (χ3n) is 3.01. The summed E-state index contributed by atoms with van der Waals surface area (Å²) in [6, 6.07) is 3.49. The molecular weight excluding hydrogens is 246 g/mol. The number of pyridine rings is 1. The van der Waals surface area contributed by atoms with Crippen molar-refractivity contribution in [1.82, 2.24) is 10.3 Å². The lowest BCUT2D eigenvalue weighted by Gasteiger charge is -2.30. The first kappa shape index (κ1) is 12.7. The maximum absolute atomic E-state index is 13.2. The van der Waals surface area contributed by atoms with Crippen molar-refractivity contribution in [2.45, 2.75) is 37.6 Å². The van der Waals surface area contributed by atoms with Crippen molar-refractivity contribution in [3.05, 3.63) is 29.0 Å². The molecule has 0 saturated carbocycles. The molecule has 1 aromatic heterocycles. The summed E-state index contributed by atoms with van der Waals surface area (Å²) in [5.41, 5.74) is 0.894. The van der Waals surface area contributed by atoms with Crippen LogP contribution in [0.2, 0.25) is 5.02 Å². The minimum atomic E-state index is -2.51. The number of piperidine rings is 1. The highest BCUT2D eigenvalue weighted by molar-refractivity contribution is 6.30. The van der Waals surface area contributed by atoms with Crippen LogP contribution in [0, 0.1) is 0 Å². The van der Waals surface area contributed by atoms with Gasteiger partial charge in [-0.05, 0) is 25.0 Å². The zero-order valence-electron chi connectivity index (χ0n) is 9.43. The molecule has 0 amide bonds. The normalized spacial score (nSPS) is 23.6. The standard InChI is InChI=1S/C12H15ClF2N2/c13-9-1-2-10(17-8-9)3-4-11-7-12(14,15)5-6-16-11/h1-2,8,11,16H,3-7H2. The largest absolute Gasteiger partial charge is 0.314 e. The minimum Gasteiger partial charge on any atom is -0.314 e. The maximum Gasteiger partial charge on any atom is 0.250 e. The molecule has 0 radical (unpaired) electrons. The van der Waals surface area contributed by atoms with Gasteiger partial charge in [0, 0.05) is 37.3 Å². The quantitative estimate of drug-likeness (QED) is 0.904. The van der Waals surface area contributed by atoms with E-state index in [1.165, 1.54) is 0 Å². The van der Waals surface area contributed by atoms with Gasteiger partial charge in [-0.2, -0.15) is 0 Å². The number of rotatable bonds is 3. The third kappa shape index (κ3) is 3.89. The highest BCUT2D eigenvalue weighted by atomic mass is 35.5. The molecule has 1 fully saturated rings. The molecule has 1 aliphatic heterocycles. The van der Waals surface area contributed by atoms with Gasteiger partial charge in [-0.25, -0.2) is 8.78 Å². The number of aryl methyl sites for hydroxylation is 1. The van der Waals surface area contributed by atoms with E-state index in [4.69, 9.17) is 11.6 Å². The van der Waals surface area contributed by atoms with E-state index in [0.717, 1.165) is 5.69 Å². The van der Waals surface area contributed by atoms with Gasteiger partial charge in [-0.3, -0.25) is 4.98 Å². The van der Waals surface area contributed by atoms with Gasteiger partial charge in [0.05, 0.1) is 5.02 Å². The van der Waals surface area contributed by atoms with Crippen LogP contribution in [0.5, 0.6) is 0 Å². The van der Waals surface area contributed by atoms with E-state index in [1.807, 2.05) is 6.07 Å². The average Bonchev–Trinajstić information content (AvgIpc) is 2.27. The van der Waals surface area contributed by atoms with Crippen LogP contribution in [-0.2, 0) is 6.42 Å². The first-order valence-corrected chi connectivity index (χ1v) is 6.15. The highest BCUT2D eigenvalue weighted by Crippen LogP contribution is 2.28. The van der Waals surface area contributed by atoms with Gasteiger partial charge in [0.2, 0.25) is 0 Å². The van der Waals surface area contributed by atoms with E-state index >= 15 is 0 Å². The fourth-order valence-corrected chi connectivity index (χ4v) is 2.19. The summed E-state index contributed by atoms with van der Waals surface area (Å²) in [7, 11) is 0. The Balaban J connectivity index is 1.84. The fourth-order valence-electron chi connectivity index (χ4n) is 2.07. The summed E-state index contributed by atoms with van der Waals surface area (Å²) < 4.78 is 26.3. The van der Waals surface area contributed by atoms with Crippen molar-refractivity contribution in [3.8, 4) is 0 Å². The van der Waals surface area contributed by atoms with Crippen molar-refractivity contribution in [3.63, 3.8) is 0 Å². The summed E-state index contributed by atoms with van der Waals surface area (Å²) in [5, 5.41) is 3.72. The molecule has 1 aliphatic rings. The van der Waals surface area contributed by atoms with E-state index in [9.17, 15) is 8.78 Å². The topological polar surface area (TPSA) is 24.9 Å². The summed E-state index contributed by atoms with van der Waals surface area (Å²) in [6.07, 6.45) is 2.85. The predicted octanol–water partition coefficient (Wildman–Crippen LogP) is 3.05. The van der Waals surface area contributed by atoms with Crippen molar-refractivity contribution in [1.29, 1.82) is 0 Å². The molecule has 5 heteroatoms. The Labute approximate surface area is 104 Å². The number of aromatic nitrogens is 1. The lowest BCUT2D eigenvalue weighted by atomic mass is 9.96. The second-order valence-corrected chi connectivity index (χ2v) is 4.90. The van der Waals surface area contributed by atoms with Gasteiger partial charge in [0.25, 0.3) is 5.92 Å². The van der Waals surface area contributed by atoms with E-state index in [2.05, 4.69) is 10.3 Å². The molecule has 1 N–H and O–H groups in total. The summed E-state index contributed by atoms with van der Waals surface area (Å²) in [5.74, 6) is -2.51. The number of halogens is 3. The SMILES string of the molecule is FC1(F)CCNC(CCc2ccc(Cl)cn2)C1. The molecule has 0 aliphatic carbocycles. The predicted molar refractivity (Wildman–Crippen MR) is 63.5 cm³/mol. The van der Waals surface area contributed by atoms with Crippen molar-refractivity contribution < 1.29 is 8.78 Å². The molecule has 1 aromatic rings. The van der Waals surface area contributed by atoms with Gasteiger partial charge in [-0.1, -0.05) is 11.6 Å². The fraction of sp³-hybridized carbons (Fsp3) is 0.583. The Morgan fingerprint density at radius 1 is 1.47 bits per heavy atom. The molecular formula is C12H15ClF2N2. The van der Waals surface area contributed by atoms with Crippen LogP contribution in [0.4, 0.5) is 8.78 Å². The van der Waals surface area contributed by atoms with E-state index in [-0.39, 0.29) is 18.9 Å². The number of nitrogens with one attached hydrogen (secondary N) is 1. The zero-order chi connectivity index (χ0) is 12.3. The van der Waals surface area contributed by atoms with Crippen molar-refractivity contribution in [2.75, 3.05) is 6.54 Å². The molecule has 2 nitrogen and oxygen atoms in total. The van der Waals surface area contributed by atoms with E-state index < -0.39 is 5.92 Å². The summed E-state index contributed by atoms with van der Waals surface area (Å²) in [6.45, 7) is 0.395. The monoisotopic (exact) mass is 260 g/mol. The number of alkyl halides is 2. The minimum absolute atomic E-state index is 0.0529. The van der Waals surface area contributed by atoms with Gasteiger partial charge in [0.15, 0.2) is 0 Å². The van der Waals surface area contributed by atoms with Gasteiger partial charge >= 0.3 is 0 Å². The molecule has 2 heterocycles. The molecule has 1 atom stereocenters. The van der Waals surface area contributed by atoms with E-state index in [0.29, 0.717) is 24.4 Å². The van der Waals surface area contributed by atoms with Gasteiger partial charge in [-0.15, -0.1) is 0 Å². The number of nitrogens with zero attached hydrogens (tertiary/aromatic N) is 1. The van der Waals surface area contributed by atoms with Crippen LogP contribution in [0.1, 0.15) is 25.0 Å². The molecule has 17 heavy (non-hydrogen) atoms. The van der Waals surface area contributed by atoms with Crippen LogP contribution in [0.25, 0.3) is 0 Å². The van der Waals surface area contributed by atoms with Crippen molar-refractivity contribution >= 4 is 11.6 Å². The lowest BCUT2D eigenvalue weighted by Crippen LogP contribution is -2.43. The number of hydrogen-bond donors (Lipinski definition) is 1. The van der Waals surface area contributed by atoms with Gasteiger partial charge < -0.3 is 5.32 Å². The third-order valence-corrected chi connectivity index (χ3v) is 3.23. The highest BCUT2D eigenvalue weighted by Gasteiger charge is 2.35. The van der Waals surface area contributed by atoms with Crippen LogP contribution in [0.3, 0.4) is 0 Å². The Morgan fingerprint density at radius 2 is 2.29 bits per heavy atom. The van der Waals surface area contributed by atoms with Crippen LogP contribution < -0.4 is 5.32 Å². The Kier molecular flexibility index (Phi) is 3.94. The molecule has 0 bridgehead atoms. The molecule has 94 valence electrons. The smallest absolute Gasteiger partial charge is 0.250 e. The summed E-state index contributed by atoms with van der Waals surface area (Å²) >= 11 is 5.72. The maximum atomic E-state index is 13.2. The van der Waals surface area contributed by atoms with Crippen LogP contribution in [-0.4, -0.2) is 23.5 Å². The molecule has 0 spiro atoms. The van der Waals surface area contributed by atoms with E-state index in [1.54, 1.807) is 12.3 Å². The first-order chi connectivity index (χ1) is 8.05. The second-order valence-electron chi connectivity index (χ2n) is 4.47.